The van der Waals surface area contributed by atoms with E-state index in [4.69, 9.17) is 0 Å². The molecule has 1 saturated heterocycles. The minimum Gasteiger partial charge on any atom is -0.339 e. The van der Waals surface area contributed by atoms with Crippen LogP contribution in [0.2, 0.25) is 0 Å². The highest BCUT2D eigenvalue weighted by Crippen LogP contribution is 2.38. The van der Waals surface area contributed by atoms with Crippen LogP contribution in [0, 0.1) is 5.92 Å². The van der Waals surface area contributed by atoms with Gasteiger partial charge >= 0.3 is 0 Å². The number of carbonyl (C=O) groups excluding carboxylic acids is 2. The summed E-state index contributed by atoms with van der Waals surface area (Å²) in [6, 6.07) is 6.12. The van der Waals surface area contributed by atoms with E-state index < -0.39 is 10.0 Å². The van der Waals surface area contributed by atoms with Crippen LogP contribution in [-0.2, 0) is 23.0 Å². The van der Waals surface area contributed by atoms with Crippen molar-refractivity contribution in [2.45, 2.75) is 64.8 Å². The Kier molecular flexibility index (Phi) is 9.28. The average molecular weight is 561 g/mol. The zero-order valence-electron chi connectivity index (χ0n) is 23.0. The van der Waals surface area contributed by atoms with E-state index in [-0.39, 0.29) is 16.7 Å². The largest absolute Gasteiger partial charge is 0.339 e. The number of benzene rings is 1. The van der Waals surface area contributed by atoms with Crippen LogP contribution >= 0.6 is 11.3 Å². The van der Waals surface area contributed by atoms with Crippen molar-refractivity contribution < 1.29 is 18.0 Å². The van der Waals surface area contributed by atoms with E-state index in [1.165, 1.54) is 23.5 Å². The van der Waals surface area contributed by atoms with E-state index in [9.17, 15) is 18.0 Å². The number of carbonyl (C=O) groups is 2. The highest BCUT2D eigenvalue weighted by Gasteiger charge is 2.31. The second kappa shape index (κ2) is 12.3. The zero-order valence-corrected chi connectivity index (χ0v) is 24.6. The molecular formula is C28H40N4O4S2. The van der Waals surface area contributed by atoms with Crippen molar-refractivity contribution >= 4 is 38.2 Å². The van der Waals surface area contributed by atoms with Crippen LogP contribution < -0.4 is 5.32 Å². The molecule has 1 atom stereocenters. The predicted molar refractivity (Wildman–Crippen MR) is 152 cm³/mol. The monoisotopic (exact) mass is 560 g/mol. The fourth-order valence-corrected chi connectivity index (χ4v) is 8.29. The molecule has 1 aromatic carbocycles. The first kappa shape index (κ1) is 28.7. The molecule has 8 nitrogen and oxygen atoms in total. The molecular weight excluding hydrogens is 520 g/mol. The fraction of sp³-hybridized carbons (Fsp3) is 0.571. The van der Waals surface area contributed by atoms with E-state index in [0.717, 1.165) is 55.8 Å². The van der Waals surface area contributed by atoms with E-state index >= 15 is 0 Å². The number of piperidine rings is 1. The average Bonchev–Trinajstić information content (AvgIpc) is 3.26. The highest BCUT2D eigenvalue weighted by molar-refractivity contribution is 7.89. The molecule has 2 aliphatic rings. The van der Waals surface area contributed by atoms with Crippen molar-refractivity contribution in [1.82, 2.24) is 14.1 Å². The second-order valence-corrected chi connectivity index (χ2v) is 13.3. The third-order valence-corrected chi connectivity index (χ3v) is 10.6. The first-order valence-corrected chi connectivity index (χ1v) is 16.0. The summed E-state index contributed by atoms with van der Waals surface area (Å²) in [7, 11) is -3.59. The number of hydrogen-bond acceptors (Lipinski definition) is 6. The van der Waals surface area contributed by atoms with E-state index in [2.05, 4.69) is 24.1 Å². The van der Waals surface area contributed by atoms with Gasteiger partial charge in [-0.15, -0.1) is 11.3 Å². The zero-order chi connectivity index (χ0) is 27.4. The van der Waals surface area contributed by atoms with Gasteiger partial charge in [-0.05, 0) is 81.8 Å². The first-order valence-electron chi connectivity index (χ1n) is 13.8. The molecule has 0 spiro atoms. The maximum Gasteiger partial charge on any atom is 0.257 e. The third-order valence-electron chi connectivity index (χ3n) is 7.54. The van der Waals surface area contributed by atoms with Gasteiger partial charge in [0.25, 0.3) is 11.8 Å². The molecule has 1 N–H and O–H groups in total. The molecule has 0 bridgehead atoms. The third kappa shape index (κ3) is 5.98. The Labute approximate surface area is 231 Å². The fourth-order valence-electron chi connectivity index (χ4n) is 5.41. The van der Waals surface area contributed by atoms with Crippen LogP contribution in [0.4, 0.5) is 5.00 Å². The van der Waals surface area contributed by atoms with Gasteiger partial charge in [0.2, 0.25) is 10.0 Å². The molecule has 1 aromatic heterocycles. The summed E-state index contributed by atoms with van der Waals surface area (Å²) in [5.41, 5.74) is 2.01. The summed E-state index contributed by atoms with van der Waals surface area (Å²) in [6.45, 7) is 13.1. The standard InChI is InChI=1S/C28H40N4O4S2/c1-5-15-30-17-14-23-24(19-30)37-27(25(23)28(34)31(6-2)7-3)29-26(33)21-10-12-22(13-11-21)38(35,36)32-16-8-9-20(4)18-32/h10-13,20H,5-9,14-19H2,1-4H3,(H,29,33). The number of fused-ring (bicyclic) bond motifs is 1. The summed E-state index contributed by atoms with van der Waals surface area (Å²) in [5, 5.41) is 3.57. The van der Waals surface area contributed by atoms with Crippen LogP contribution in [0.3, 0.4) is 0 Å². The Morgan fingerprint density at radius 1 is 1.11 bits per heavy atom. The van der Waals surface area contributed by atoms with Gasteiger partial charge < -0.3 is 10.2 Å². The van der Waals surface area contributed by atoms with Crippen molar-refractivity contribution in [3.8, 4) is 0 Å². The van der Waals surface area contributed by atoms with Crippen molar-refractivity contribution in [3.63, 3.8) is 0 Å². The lowest BCUT2D eigenvalue weighted by Gasteiger charge is -2.30. The summed E-state index contributed by atoms with van der Waals surface area (Å²) < 4.78 is 27.8. The smallest absolute Gasteiger partial charge is 0.257 e. The number of sulfonamides is 1. The van der Waals surface area contributed by atoms with E-state index in [1.807, 2.05) is 13.8 Å². The second-order valence-electron chi connectivity index (χ2n) is 10.3. The Hall–Kier alpha value is -2.27. The first-order chi connectivity index (χ1) is 18.2. The van der Waals surface area contributed by atoms with Gasteiger partial charge in [0.15, 0.2) is 0 Å². The van der Waals surface area contributed by atoms with Crippen molar-refractivity contribution in [2.24, 2.45) is 5.92 Å². The predicted octanol–water partition coefficient (Wildman–Crippen LogP) is 4.67. The molecule has 10 heteroatoms. The summed E-state index contributed by atoms with van der Waals surface area (Å²) in [6.07, 6.45) is 3.74. The van der Waals surface area contributed by atoms with Gasteiger partial charge in [0.1, 0.15) is 5.00 Å². The molecule has 2 aliphatic heterocycles. The van der Waals surface area contributed by atoms with Crippen LogP contribution in [0.25, 0.3) is 0 Å². The van der Waals surface area contributed by atoms with Crippen LogP contribution in [-0.4, -0.2) is 73.6 Å². The number of nitrogens with one attached hydrogen (secondary N) is 1. The van der Waals surface area contributed by atoms with E-state index in [1.54, 1.807) is 21.3 Å². The quantitative estimate of drug-likeness (QED) is 0.481. The lowest BCUT2D eigenvalue weighted by molar-refractivity contribution is 0.0772. The minimum atomic E-state index is -3.59. The molecule has 4 rings (SSSR count). The van der Waals surface area contributed by atoms with Crippen molar-refractivity contribution in [3.05, 3.63) is 45.8 Å². The van der Waals surface area contributed by atoms with Crippen LogP contribution in [0.5, 0.6) is 0 Å². The summed E-state index contributed by atoms with van der Waals surface area (Å²) in [4.78, 5) is 32.3. The van der Waals surface area contributed by atoms with Crippen molar-refractivity contribution in [1.29, 1.82) is 0 Å². The molecule has 0 aliphatic carbocycles. The van der Waals surface area contributed by atoms with Gasteiger partial charge in [-0.1, -0.05) is 13.8 Å². The lowest BCUT2D eigenvalue weighted by Crippen LogP contribution is -2.39. The molecule has 0 saturated carbocycles. The maximum atomic E-state index is 13.5. The molecule has 3 heterocycles. The SMILES string of the molecule is CCCN1CCc2c(sc(NC(=O)c3ccc(S(=O)(=O)N4CCCC(C)C4)cc3)c2C(=O)N(CC)CC)C1. The molecule has 0 radical (unpaired) electrons. The Balaban J connectivity index is 1.58. The molecule has 2 aromatic rings. The number of rotatable bonds is 9. The van der Waals surface area contributed by atoms with Crippen molar-refractivity contribution in [2.75, 3.05) is 44.6 Å². The van der Waals surface area contributed by atoms with Gasteiger partial charge in [0, 0.05) is 49.7 Å². The van der Waals surface area contributed by atoms with Gasteiger partial charge in [-0.2, -0.15) is 4.31 Å². The van der Waals surface area contributed by atoms with Crippen LogP contribution in [0.1, 0.15) is 78.1 Å². The Bertz CT molecular complexity index is 1250. The maximum absolute atomic E-state index is 13.5. The Morgan fingerprint density at radius 3 is 2.45 bits per heavy atom. The molecule has 208 valence electrons. The number of nitrogens with zero attached hydrogens (tertiary/aromatic N) is 3. The normalized spacial score (nSPS) is 18.7. The van der Waals surface area contributed by atoms with Gasteiger partial charge in [0.05, 0.1) is 10.5 Å². The van der Waals surface area contributed by atoms with E-state index in [0.29, 0.717) is 48.2 Å². The molecule has 2 amide bonds. The molecule has 1 unspecified atom stereocenters. The number of amides is 2. The number of hydrogen-bond donors (Lipinski definition) is 1. The highest BCUT2D eigenvalue weighted by atomic mass is 32.2. The van der Waals surface area contributed by atoms with Gasteiger partial charge in [-0.25, -0.2) is 8.42 Å². The molecule has 1 fully saturated rings. The minimum absolute atomic E-state index is 0.0519. The lowest BCUT2D eigenvalue weighted by atomic mass is 10.0. The number of anilines is 1. The molecule has 38 heavy (non-hydrogen) atoms. The van der Waals surface area contributed by atoms with Crippen LogP contribution in [0.15, 0.2) is 29.2 Å². The van der Waals surface area contributed by atoms with Gasteiger partial charge in [-0.3, -0.25) is 14.5 Å². The summed E-state index contributed by atoms with van der Waals surface area (Å²) >= 11 is 1.48. The number of thiophene rings is 1. The topological polar surface area (TPSA) is 90.0 Å². The Morgan fingerprint density at radius 2 is 1.82 bits per heavy atom. The summed E-state index contributed by atoms with van der Waals surface area (Å²) in [5.74, 6) is -0.0652.